The Balaban J connectivity index is 1.51. The van der Waals surface area contributed by atoms with Gasteiger partial charge in [0.1, 0.15) is 11.9 Å². The molecule has 0 radical (unpaired) electrons. The molecule has 3 aliphatic rings. The Morgan fingerprint density at radius 3 is 2.61 bits per heavy atom. The monoisotopic (exact) mass is 480 g/mol. The van der Waals surface area contributed by atoms with E-state index < -0.39 is 0 Å². The van der Waals surface area contributed by atoms with E-state index in [1.54, 1.807) is 17.0 Å². The summed E-state index contributed by atoms with van der Waals surface area (Å²) in [7, 11) is 0. The highest BCUT2D eigenvalue weighted by Crippen LogP contribution is 2.45. The van der Waals surface area contributed by atoms with E-state index in [0.717, 1.165) is 36.2 Å². The summed E-state index contributed by atoms with van der Waals surface area (Å²) >= 11 is 19.4. The molecule has 0 saturated carbocycles. The minimum absolute atomic E-state index is 0.0104. The van der Waals surface area contributed by atoms with Crippen molar-refractivity contribution in [3.63, 3.8) is 0 Å². The van der Waals surface area contributed by atoms with Crippen LogP contribution >= 0.6 is 34.8 Å². The Bertz CT molecular complexity index is 1030. The van der Waals surface area contributed by atoms with Crippen molar-refractivity contribution in [3.05, 3.63) is 56.5 Å². The van der Waals surface area contributed by atoms with Gasteiger partial charge >= 0.3 is 0 Å². The number of halogens is 3. The lowest BCUT2D eigenvalue weighted by molar-refractivity contribution is -0.117. The Morgan fingerprint density at radius 2 is 1.90 bits per heavy atom. The molecule has 2 saturated heterocycles. The Morgan fingerprint density at radius 1 is 1.06 bits per heavy atom. The largest absolute Gasteiger partial charge is 0.482 e. The molecular formula is C23H23Cl3N2O3. The fourth-order valence-electron chi connectivity index (χ4n) is 4.96. The molecule has 1 amide bonds. The van der Waals surface area contributed by atoms with E-state index in [4.69, 9.17) is 39.5 Å². The smallest absolute Gasteiger partial charge is 0.227 e. The van der Waals surface area contributed by atoms with Crippen molar-refractivity contribution in [1.82, 2.24) is 4.90 Å². The molecule has 0 bridgehead atoms. The van der Waals surface area contributed by atoms with Crippen LogP contribution in [0.15, 0.2) is 30.3 Å². The van der Waals surface area contributed by atoms with Crippen LogP contribution in [-0.4, -0.2) is 47.7 Å². The van der Waals surface area contributed by atoms with E-state index in [-0.39, 0.29) is 24.2 Å². The molecule has 5 nitrogen and oxygen atoms in total. The summed E-state index contributed by atoms with van der Waals surface area (Å²) in [5.41, 5.74) is 2.75. The Hall–Kier alpha value is -1.50. The van der Waals surface area contributed by atoms with Crippen molar-refractivity contribution in [1.29, 1.82) is 0 Å². The number of ether oxygens (including phenoxy) is 1. The third-order valence-electron chi connectivity index (χ3n) is 6.48. The molecule has 0 aromatic heterocycles. The van der Waals surface area contributed by atoms with Gasteiger partial charge in [-0.2, -0.15) is 0 Å². The van der Waals surface area contributed by atoms with Crippen LogP contribution < -0.4 is 9.64 Å². The zero-order valence-corrected chi connectivity index (χ0v) is 19.1. The third kappa shape index (κ3) is 4.03. The van der Waals surface area contributed by atoms with E-state index in [2.05, 4.69) is 4.90 Å². The first-order valence-electron chi connectivity index (χ1n) is 10.6. The number of rotatable bonds is 4. The van der Waals surface area contributed by atoms with Crippen molar-refractivity contribution < 1.29 is 14.6 Å². The van der Waals surface area contributed by atoms with Crippen LogP contribution in [0.1, 0.15) is 36.5 Å². The zero-order valence-electron chi connectivity index (χ0n) is 16.9. The molecule has 0 spiro atoms. The molecule has 1 N–H and O–H groups in total. The summed E-state index contributed by atoms with van der Waals surface area (Å²) in [5.74, 6) is 0.638. The van der Waals surface area contributed by atoms with Crippen LogP contribution in [-0.2, 0) is 11.2 Å². The fourth-order valence-corrected chi connectivity index (χ4v) is 5.70. The standard InChI is InChI=1S/C23H23Cl3N2O3/c24-13-8-17-16(19(26)9-13)11-20(27-7-5-15(29)12-27)23(17)31-21-10-14(3-4-18(21)25)28-6-1-2-22(28)30/h3-4,8-10,15,20,23,29H,1-2,5-7,11-12H2/t15?,20-,23-/m0/s1. The molecule has 2 fully saturated rings. The molecule has 1 aliphatic carbocycles. The number of carbonyl (C=O) groups is 1. The van der Waals surface area contributed by atoms with Crippen molar-refractivity contribution in [2.75, 3.05) is 24.5 Å². The lowest BCUT2D eigenvalue weighted by Gasteiger charge is -2.30. The topological polar surface area (TPSA) is 53.0 Å². The minimum atomic E-state index is -0.337. The van der Waals surface area contributed by atoms with E-state index in [0.29, 0.717) is 46.7 Å². The summed E-state index contributed by atoms with van der Waals surface area (Å²) in [5, 5.41) is 11.8. The second kappa shape index (κ2) is 8.45. The van der Waals surface area contributed by atoms with Gasteiger partial charge in [0.15, 0.2) is 0 Å². The van der Waals surface area contributed by atoms with E-state index in [1.165, 1.54) is 0 Å². The number of anilines is 1. The molecule has 164 valence electrons. The highest BCUT2D eigenvalue weighted by molar-refractivity contribution is 6.35. The number of carbonyl (C=O) groups excluding carboxylic acids is 1. The predicted octanol–water partition coefficient (Wildman–Crippen LogP) is 4.89. The average molecular weight is 482 g/mol. The van der Waals surface area contributed by atoms with E-state index in [9.17, 15) is 9.90 Å². The summed E-state index contributed by atoms with van der Waals surface area (Å²) in [6.45, 7) is 2.09. The highest BCUT2D eigenvalue weighted by atomic mass is 35.5. The number of amides is 1. The maximum Gasteiger partial charge on any atom is 0.227 e. The molecule has 5 rings (SSSR count). The number of hydrogen-bond donors (Lipinski definition) is 1. The van der Waals surface area contributed by atoms with Gasteiger partial charge in [-0.25, -0.2) is 0 Å². The molecule has 31 heavy (non-hydrogen) atoms. The fraction of sp³-hybridized carbons (Fsp3) is 0.435. The van der Waals surface area contributed by atoms with Crippen LogP contribution in [0, 0.1) is 0 Å². The number of fused-ring (bicyclic) bond motifs is 1. The van der Waals surface area contributed by atoms with Gasteiger partial charge in [0.05, 0.1) is 17.2 Å². The number of likely N-dealkylation sites (tertiary alicyclic amines) is 1. The number of benzene rings is 2. The number of β-amino-alcohol motifs (C(OH)–C–C–N with tert-alkyl or cyclic N) is 1. The normalized spacial score (nSPS) is 26.0. The zero-order chi connectivity index (χ0) is 21.7. The van der Waals surface area contributed by atoms with Gasteiger partial charge in [0.2, 0.25) is 5.91 Å². The molecule has 3 atom stereocenters. The van der Waals surface area contributed by atoms with Crippen LogP contribution in [0.5, 0.6) is 5.75 Å². The molecule has 8 heteroatoms. The molecule has 2 heterocycles. The van der Waals surface area contributed by atoms with Gasteiger partial charge in [-0.3, -0.25) is 9.69 Å². The van der Waals surface area contributed by atoms with Gasteiger partial charge in [0, 0.05) is 53.4 Å². The van der Waals surface area contributed by atoms with Crippen LogP contribution in [0.4, 0.5) is 5.69 Å². The predicted molar refractivity (Wildman–Crippen MR) is 123 cm³/mol. The first-order valence-corrected chi connectivity index (χ1v) is 11.7. The second-order valence-corrected chi connectivity index (χ2v) is 9.72. The maximum atomic E-state index is 12.2. The quantitative estimate of drug-likeness (QED) is 0.676. The second-order valence-electron chi connectivity index (χ2n) is 8.47. The number of hydrogen-bond acceptors (Lipinski definition) is 4. The molecule has 2 aromatic carbocycles. The summed E-state index contributed by atoms with van der Waals surface area (Å²) in [4.78, 5) is 16.2. The van der Waals surface area contributed by atoms with Crippen LogP contribution in [0.3, 0.4) is 0 Å². The molecule has 2 aromatic rings. The van der Waals surface area contributed by atoms with Crippen molar-refractivity contribution in [2.24, 2.45) is 0 Å². The SMILES string of the molecule is O=C1CCCN1c1ccc(Cl)c(O[C@H]2c3cc(Cl)cc(Cl)c3C[C@@H]2N2CCC(O)C2)c1. The van der Waals surface area contributed by atoms with Crippen molar-refractivity contribution in [2.45, 2.75) is 43.9 Å². The van der Waals surface area contributed by atoms with E-state index in [1.807, 2.05) is 18.2 Å². The third-order valence-corrected chi connectivity index (χ3v) is 7.35. The average Bonchev–Trinajstić information content (AvgIpc) is 3.43. The highest BCUT2D eigenvalue weighted by Gasteiger charge is 2.42. The first kappa shape index (κ1) is 21.4. The van der Waals surface area contributed by atoms with Gasteiger partial charge < -0.3 is 14.7 Å². The van der Waals surface area contributed by atoms with Crippen LogP contribution in [0.2, 0.25) is 15.1 Å². The maximum absolute atomic E-state index is 12.2. The van der Waals surface area contributed by atoms with Gasteiger partial charge in [-0.15, -0.1) is 0 Å². The Kier molecular flexibility index (Phi) is 5.82. The van der Waals surface area contributed by atoms with Crippen molar-refractivity contribution >= 4 is 46.4 Å². The summed E-state index contributed by atoms with van der Waals surface area (Å²) in [6, 6.07) is 9.13. The lowest BCUT2D eigenvalue weighted by Crippen LogP contribution is -2.39. The number of aliphatic hydroxyl groups excluding tert-OH is 1. The Labute approximate surface area is 196 Å². The molecule has 1 unspecified atom stereocenters. The number of nitrogens with zero attached hydrogens (tertiary/aromatic N) is 2. The van der Waals surface area contributed by atoms with Gasteiger partial charge in [-0.1, -0.05) is 34.8 Å². The van der Waals surface area contributed by atoms with Crippen LogP contribution in [0.25, 0.3) is 0 Å². The lowest BCUT2D eigenvalue weighted by atomic mass is 10.1. The number of aliphatic hydroxyl groups is 1. The molecular weight excluding hydrogens is 459 g/mol. The van der Waals surface area contributed by atoms with Gasteiger partial charge in [0.25, 0.3) is 0 Å². The summed E-state index contributed by atoms with van der Waals surface area (Å²) < 4.78 is 6.53. The van der Waals surface area contributed by atoms with E-state index >= 15 is 0 Å². The first-order chi connectivity index (χ1) is 14.9. The minimum Gasteiger partial charge on any atom is -0.482 e. The van der Waals surface area contributed by atoms with Crippen molar-refractivity contribution in [3.8, 4) is 5.75 Å². The van der Waals surface area contributed by atoms with Gasteiger partial charge in [-0.05, 0) is 49.1 Å². The summed E-state index contributed by atoms with van der Waals surface area (Å²) in [6.07, 6.45) is 2.19. The molecule has 2 aliphatic heterocycles.